The van der Waals surface area contributed by atoms with Crippen molar-refractivity contribution in [3.05, 3.63) is 0 Å². The number of β-amino-alcohol motifs (C(OH)–C–C–N with tert-alkyl or cyclic N) is 1. The Morgan fingerprint density at radius 3 is 2.43 bits per heavy atom. The summed E-state index contributed by atoms with van der Waals surface area (Å²) in [5.74, 6) is 0.449. The molecule has 0 radical (unpaired) electrons. The maximum Gasteiger partial charge on any atom is 0.0793 e. The van der Waals surface area contributed by atoms with Gasteiger partial charge in [0.15, 0.2) is 0 Å². The maximum absolute atomic E-state index is 9.89. The van der Waals surface area contributed by atoms with E-state index in [0.29, 0.717) is 5.92 Å². The molecule has 2 rings (SSSR count). The van der Waals surface area contributed by atoms with E-state index in [-0.39, 0.29) is 12.2 Å². The molecule has 1 aliphatic heterocycles. The fourth-order valence-corrected chi connectivity index (χ4v) is 2.60. The molecule has 82 valence electrons. The highest BCUT2D eigenvalue weighted by molar-refractivity contribution is 4.83. The van der Waals surface area contributed by atoms with Gasteiger partial charge in [-0.1, -0.05) is 19.3 Å². The lowest BCUT2D eigenvalue weighted by atomic mass is 9.95. The first-order valence-electron chi connectivity index (χ1n) is 5.84. The van der Waals surface area contributed by atoms with Gasteiger partial charge in [0.25, 0.3) is 0 Å². The van der Waals surface area contributed by atoms with Crippen molar-refractivity contribution in [2.24, 2.45) is 5.92 Å². The fraction of sp³-hybridized carbons (Fsp3) is 1.00. The molecule has 2 unspecified atom stereocenters. The van der Waals surface area contributed by atoms with Crippen LogP contribution >= 0.6 is 0 Å². The highest BCUT2D eigenvalue weighted by Gasteiger charge is 2.29. The molecule has 2 N–H and O–H groups in total. The zero-order valence-corrected chi connectivity index (χ0v) is 8.73. The lowest BCUT2D eigenvalue weighted by molar-refractivity contribution is -0.0236. The molecular formula is C11H21NO2. The molecule has 0 amide bonds. The lowest BCUT2D eigenvalue weighted by Gasteiger charge is -2.39. The second-order valence-corrected chi connectivity index (χ2v) is 4.84. The van der Waals surface area contributed by atoms with Crippen LogP contribution in [-0.4, -0.2) is 47.0 Å². The Hall–Kier alpha value is -0.120. The average molecular weight is 199 g/mol. The Bertz CT molecular complexity index is 180. The fourth-order valence-electron chi connectivity index (χ4n) is 2.60. The molecule has 3 nitrogen and oxygen atoms in total. The van der Waals surface area contributed by atoms with Gasteiger partial charge in [-0.3, -0.25) is 4.90 Å². The molecule has 0 aromatic heterocycles. The molecule has 0 bridgehead atoms. The first kappa shape index (κ1) is 10.4. The quantitative estimate of drug-likeness (QED) is 0.640. The minimum absolute atomic E-state index is 0.102. The largest absolute Gasteiger partial charge is 0.393 e. The minimum atomic E-state index is -0.113. The van der Waals surface area contributed by atoms with Crippen LogP contribution in [0.3, 0.4) is 0 Å². The van der Waals surface area contributed by atoms with Crippen LogP contribution < -0.4 is 0 Å². The van der Waals surface area contributed by atoms with E-state index in [0.717, 1.165) is 32.5 Å². The van der Waals surface area contributed by atoms with Gasteiger partial charge in [0, 0.05) is 19.6 Å². The highest BCUT2D eigenvalue weighted by atomic mass is 16.3. The summed E-state index contributed by atoms with van der Waals surface area (Å²) in [5, 5.41) is 19.1. The lowest BCUT2D eigenvalue weighted by Crippen LogP contribution is -2.53. The van der Waals surface area contributed by atoms with Gasteiger partial charge >= 0.3 is 0 Å². The molecule has 3 heteroatoms. The molecule has 1 aliphatic carbocycles. The highest BCUT2D eigenvalue weighted by Crippen LogP contribution is 2.25. The van der Waals surface area contributed by atoms with E-state index in [1.807, 2.05) is 0 Å². The molecule has 1 heterocycles. The van der Waals surface area contributed by atoms with Crippen LogP contribution in [-0.2, 0) is 0 Å². The zero-order chi connectivity index (χ0) is 9.97. The Morgan fingerprint density at radius 1 is 1.00 bits per heavy atom. The summed E-state index contributed by atoms with van der Waals surface area (Å²) in [5.41, 5.74) is 0. The zero-order valence-electron chi connectivity index (χ0n) is 8.73. The van der Waals surface area contributed by atoms with Crippen LogP contribution in [0.5, 0.6) is 0 Å². The number of hydrogen-bond donors (Lipinski definition) is 2. The van der Waals surface area contributed by atoms with E-state index in [2.05, 4.69) is 4.90 Å². The predicted octanol–water partition coefficient (Wildman–Crippen LogP) is 0.604. The van der Waals surface area contributed by atoms with Gasteiger partial charge in [-0.2, -0.15) is 0 Å². The van der Waals surface area contributed by atoms with Crippen molar-refractivity contribution in [1.82, 2.24) is 4.90 Å². The summed E-state index contributed by atoms with van der Waals surface area (Å²) in [4.78, 5) is 2.25. The van der Waals surface area contributed by atoms with Gasteiger partial charge in [-0.15, -0.1) is 0 Å². The SMILES string of the molecule is OC1CN(CC2CCCCCC2O)C1. The van der Waals surface area contributed by atoms with Crippen molar-refractivity contribution in [2.75, 3.05) is 19.6 Å². The molecule has 1 saturated carbocycles. The summed E-state index contributed by atoms with van der Waals surface area (Å²) < 4.78 is 0. The van der Waals surface area contributed by atoms with E-state index in [1.54, 1.807) is 0 Å². The summed E-state index contributed by atoms with van der Waals surface area (Å²) >= 11 is 0. The summed E-state index contributed by atoms with van der Waals surface area (Å²) in [6, 6.07) is 0. The van der Waals surface area contributed by atoms with Crippen LogP contribution in [0.1, 0.15) is 32.1 Å². The van der Waals surface area contributed by atoms with Crippen LogP contribution in [0.2, 0.25) is 0 Å². The Balaban J connectivity index is 1.77. The Labute approximate surface area is 85.7 Å². The predicted molar refractivity (Wildman–Crippen MR) is 55.0 cm³/mol. The van der Waals surface area contributed by atoms with Gasteiger partial charge in [0.2, 0.25) is 0 Å². The summed E-state index contributed by atoms with van der Waals surface area (Å²) in [6.07, 6.45) is 5.64. The molecule has 0 aromatic carbocycles. The van der Waals surface area contributed by atoms with Gasteiger partial charge in [-0.25, -0.2) is 0 Å². The monoisotopic (exact) mass is 199 g/mol. The number of aliphatic hydroxyl groups is 2. The van der Waals surface area contributed by atoms with Crippen molar-refractivity contribution in [2.45, 2.75) is 44.3 Å². The van der Waals surface area contributed by atoms with E-state index in [4.69, 9.17) is 5.11 Å². The van der Waals surface area contributed by atoms with Gasteiger partial charge < -0.3 is 10.2 Å². The first-order valence-corrected chi connectivity index (χ1v) is 5.84. The van der Waals surface area contributed by atoms with Crippen molar-refractivity contribution in [1.29, 1.82) is 0 Å². The second-order valence-electron chi connectivity index (χ2n) is 4.84. The standard InChI is InChI=1S/C11H21NO2/c13-10-7-12(8-10)6-9-4-2-1-3-5-11(9)14/h9-11,13-14H,1-8H2. The van der Waals surface area contributed by atoms with Crippen LogP contribution in [0, 0.1) is 5.92 Å². The van der Waals surface area contributed by atoms with Gasteiger partial charge in [-0.05, 0) is 18.8 Å². The summed E-state index contributed by atoms with van der Waals surface area (Å²) in [7, 11) is 0. The third-order valence-electron chi connectivity index (χ3n) is 3.55. The third-order valence-corrected chi connectivity index (χ3v) is 3.55. The average Bonchev–Trinajstić information content (AvgIpc) is 2.29. The molecule has 0 spiro atoms. The van der Waals surface area contributed by atoms with Crippen molar-refractivity contribution in [3.63, 3.8) is 0 Å². The van der Waals surface area contributed by atoms with Gasteiger partial charge in [0.05, 0.1) is 12.2 Å². The van der Waals surface area contributed by atoms with E-state index < -0.39 is 0 Å². The van der Waals surface area contributed by atoms with E-state index >= 15 is 0 Å². The Morgan fingerprint density at radius 2 is 1.71 bits per heavy atom. The number of nitrogens with zero attached hydrogens (tertiary/aromatic N) is 1. The second kappa shape index (κ2) is 4.60. The molecule has 0 aromatic rings. The summed E-state index contributed by atoms with van der Waals surface area (Å²) in [6.45, 7) is 2.60. The molecule has 2 aliphatic rings. The molecule has 1 saturated heterocycles. The minimum Gasteiger partial charge on any atom is -0.393 e. The smallest absolute Gasteiger partial charge is 0.0793 e. The third kappa shape index (κ3) is 2.47. The number of aliphatic hydroxyl groups excluding tert-OH is 2. The molecule has 2 fully saturated rings. The normalized spacial score (nSPS) is 36.4. The maximum atomic E-state index is 9.89. The Kier molecular flexibility index (Phi) is 3.42. The van der Waals surface area contributed by atoms with Gasteiger partial charge in [0.1, 0.15) is 0 Å². The van der Waals surface area contributed by atoms with E-state index in [1.165, 1.54) is 19.3 Å². The number of hydrogen-bond acceptors (Lipinski definition) is 3. The van der Waals surface area contributed by atoms with E-state index in [9.17, 15) is 5.11 Å². The van der Waals surface area contributed by atoms with Crippen LogP contribution in [0.15, 0.2) is 0 Å². The number of likely N-dealkylation sites (tertiary alicyclic amines) is 1. The molecule has 2 atom stereocenters. The van der Waals surface area contributed by atoms with Crippen molar-refractivity contribution in [3.8, 4) is 0 Å². The molecular weight excluding hydrogens is 178 g/mol. The van der Waals surface area contributed by atoms with Crippen LogP contribution in [0.4, 0.5) is 0 Å². The van der Waals surface area contributed by atoms with Crippen LogP contribution in [0.25, 0.3) is 0 Å². The van der Waals surface area contributed by atoms with Crippen molar-refractivity contribution >= 4 is 0 Å². The first-order chi connectivity index (χ1) is 6.75. The number of rotatable bonds is 2. The molecule has 14 heavy (non-hydrogen) atoms. The topological polar surface area (TPSA) is 43.7 Å². The van der Waals surface area contributed by atoms with Crippen molar-refractivity contribution < 1.29 is 10.2 Å².